The van der Waals surface area contributed by atoms with Crippen molar-refractivity contribution in [2.75, 3.05) is 32.9 Å². The highest BCUT2D eigenvalue weighted by molar-refractivity contribution is 6.00. The molecule has 1 amide bonds. The molecular formula is C12H19N3O2. The fourth-order valence-electron chi connectivity index (χ4n) is 1.40. The molecule has 1 aromatic rings. The molecule has 0 aromatic heterocycles. The molecule has 0 heterocycles. The number of aromatic hydroxyl groups is 1. The van der Waals surface area contributed by atoms with Gasteiger partial charge in [-0.2, -0.15) is 0 Å². The fraction of sp³-hybridized carbons (Fsp3) is 0.417. The SMILES string of the molecule is Cc1ccc(C(=O)NCCN(C)C)c(N)c1O. The highest BCUT2D eigenvalue weighted by Crippen LogP contribution is 2.27. The van der Waals surface area contributed by atoms with Crippen LogP contribution < -0.4 is 11.1 Å². The molecule has 0 aliphatic carbocycles. The summed E-state index contributed by atoms with van der Waals surface area (Å²) in [4.78, 5) is 13.8. The maximum atomic E-state index is 11.8. The first kappa shape index (κ1) is 13.3. The third-order valence-corrected chi connectivity index (χ3v) is 2.51. The van der Waals surface area contributed by atoms with Crippen molar-refractivity contribution >= 4 is 11.6 Å². The number of phenols is 1. The van der Waals surface area contributed by atoms with E-state index in [2.05, 4.69) is 5.32 Å². The van der Waals surface area contributed by atoms with Gasteiger partial charge in [0, 0.05) is 13.1 Å². The van der Waals surface area contributed by atoms with Crippen LogP contribution in [0.3, 0.4) is 0 Å². The van der Waals surface area contributed by atoms with E-state index in [1.807, 2.05) is 19.0 Å². The minimum absolute atomic E-state index is 0.0229. The van der Waals surface area contributed by atoms with E-state index in [0.29, 0.717) is 17.7 Å². The van der Waals surface area contributed by atoms with Crippen LogP contribution >= 0.6 is 0 Å². The fourth-order valence-corrected chi connectivity index (χ4v) is 1.40. The second-order valence-corrected chi connectivity index (χ2v) is 4.25. The Labute approximate surface area is 101 Å². The zero-order valence-electron chi connectivity index (χ0n) is 10.4. The summed E-state index contributed by atoms with van der Waals surface area (Å²) in [5, 5.41) is 12.4. The van der Waals surface area contributed by atoms with Crippen molar-refractivity contribution in [2.45, 2.75) is 6.92 Å². The summed E-state index contributed by atoms with van der Waals surface area (Å²) in [7, 11) is 3.86. The van der Waals surface area contributed by atoms with E-state index in [9.17, 15) is 9.90 Å². The molecule has 0 aliphatic rings. The van der Waals surface area contributed by atoms with Gasteiger partial charge < -0.3 is 21.1 Å². The van der Waals surface area contributed by atoms with E-state index in [-0.39, 0.29) is 17.3 Å². The first-order valence-electron chi connectivity index (χ1n) is 5.44. The summed E-state index contributed by atoms with van der Waals surface area (Å²) in [6, 6.07) is 3.29. The second kappa shape index (κ2) is 5.54. The van der Waals surface area contributed by atoms with Gasteiger partial charge in [0.1, 0.15) is 5.75 Å². The zero-order valence-corrected chi connectivity index (χ0v) is 10.4. The van der Waals surface area contributed by atoms with Gasteiger partial charge >= 0.3 is 0 Å². The third-order valence-electron chi connectivity index (χ3n) is 2.51. The van der Waals surface area contributed by atoms with Crippen molar-refractivity contribution in [1.82, 2.24) is 10.2 Å². The van der Waals surface area contributed by atoms with E-state index < -0.39 is 0 Å². The molecule has 0 saturated carbocycles. The van der Waals surface area contributed by atoms with Gasteiger partial charge in [0.05, 0.1) is 11.3 Å². The number of likely N-dealkylation sites (N-methyl/N-ethyl adjacent to an activating group) is 1. The van der Waals surface area contributed by atoms with E-state index in [1.165, 1.54) is 0 Å². The van der Waals surface area contributed by atoms with Crippen LogP contribution in [0.15, 0.2) is 12.1 Å². The Morgan fingerprint density at radius 2 is 2.12 bits per heavy atom. The minimum atomic E-state index is -0.264. The Balaban J connectivity index is 2.73. The Kier molecular flexibility index (Phi) is 4.34. The largest absolute Gasteiger partial charge is 0.505 e. The lowest BCUT2D eigenvalue weighted by atomic mass is 10.1. The number of carbonyl (C=O) groups is 1. The molecule has 1 aromatic carbocycles. The van der Waals surface area contributed by atoms with Crippen LogP contribution in [0.25, 0.3) is 0 Å². The number of nitrogens with zero attached hydrogens (tertiary/aromatic N) is 1. The van der Waals surface area contributed by atoms with Crippen LogP contribution in [-0.4, -0.2) is 43.1 Å². The van der Waals surface area contributed by atoms with E-state index in [4.69, 9.17) is 5.73 Å². The van der Waals surface area contributed by atoms with E-state index >= 15 is 0 Å². The van der Waals surface area contributed by atoms with Gasteiger partial charge in [0.25, 0.3) is 5.91 Å². The molecule has 0 spiro atoms. The number of nitrogens with two attached hydrogens (primary N) is 1. The summed E-state index contributed by atoms with van der Waals surface area (Å²) < 4.78 is 0. The lowest BCUT2D eigenvalue weighted by Crippen LogP contribution is -2.31. The first-order valence-corrected chi connectivity index (χ1v) is 5.44. The van der Waals surface area contributed by atoms with Crippen molar-refractivity contribution in [3.63, 3.8) is 0 Å². The molecular weight excluding hydrogens is 218 g/mol. The highest BCUT2D eigenvalue weighted by Gasteiger charge is 2.13. The van der Waals surface area contributed by atoms with Gasteiger partial charge in [0.15, 0.2) is 0 Å². The number of rotatable bonds is 4. The Morgan fingerprint density at radius 1 is 1.47 bits per heavy atom. The van der Waals surface area contributed by atoms with Gasteiger partial charge in [-0.1, -0.05) is 6.07 Å². The van der Waals surface area contributed by atoms with Gasteiger partial charge in [-0.05, 0) is 32.6 Å². The number of hydrogen-bond acceptors (Lipinski definition) is 4. The van der Waals surface area contributed by atoms with Crippen molar-refractivity contribution in [3.8, 4) is 5.75 Å². The molecule has 1 rings (SSSR count). The number of hydrogen-bond donors (Lipinski definition) is 3. The van der Waals surface area contributed by atoms with Gasteiger partial charge in [-0.25, -0.2) is 0 Å². The summed E-state index contributed by atoms with van der Waals surface area (Å²) in [5.41, 5.74) is 6.80. The van der Waals surface area contributed by atoms with Crippen molar-refractivity contribution in [3.05, 3.63) is 23.3 Å². The number of nitrogens with one attached hydrogen (secondary N) is 1. The third kappa shape index (κ3) is 3.35. The van der Waals surface area contributed by atoms with Crippen LogP contribution in [-0.2, 0) is 0 Å². The molecule has 0 aliphatic heterocycles. The Hall–Kier alpha value is -1.75. The maximum Gasteiger partial charge on any atom is 0.253 e. The molecule has 5 heteroatoms. The van der Waals surface area contributed by atoms with Crippen LogP contribution in [0.4, 0.5) is 5.69 Å². The summed E-state index contributed by atoms with van der Waals surface area (Å²) in [6.07, 6.45) is 0. The molecule has 0 atom stereocenters. The predicted octanol–water partition coefficient (Wildman–Crippen LogP) is 0.574. The molecule has 0 fully saturated rings. The van der Waals surface area contributed by atoms with Crippen molar-refractivity contribution in [1.29, 1.82) is 0 Å². The first-order chi connectivity index (χ1) is 7.93. The molecule has 0 saturated heterocycles. The minimum Gasteiger partial charge on any atom is -0.505 e. The quantitative estimate of drug-likeness (QED) is 0.528. The molecule has 4 N–H and O–H groups in total. The number of amides is 1. The van der Waals surface area contributed by atoms with Crippen LogP contribution in [0, 0.1) is 6.92 Å². The second-order valence-electron chi connectivity index (χ2n) is 4.25. The monoisotopic (exact) mass is 237 g/mol. The highest BCUT2D eigenvalue weighted by atomic mass is 16.3. The van der Waals surface area contributed by atoms with Crippen LogP contribution in [0.5, 0.6) is 5.75 Å². The average Bonchev–Trinajstić information content (AvgIpc) is 2.25. The molecule has 5 nitrogen and oxygen atoms in total. The van der Waals surface area contributed by atoms with E-state index in [1.54, 1.807) is 19.1 Å². The molecule has 0 bridgehead atoms. The Morgan fingerprint density at radius 3 is 2.71 bits per heavy atom. The van der Waals surface area contributed by atoms with Crippen LogP contribution in [0.2, 0.25) is 0 Å². The maximum absolute atomic E-state index is 11.8. The Bertz CT molecular complexity index is 416. The molecule has 0 radical (unpaired) electrons. The number of benzene rings is 1. The van der Waals surface area contributed by atoms with Gasteiger partial charge in [-0.15, -0.1) is 0 Å². The topological polar surface area (TPSA) is 78.6 Å². The van der Waals surface area contributed by atoms with Gasteiger partial charge in [0.2, 0.25) is 0 Å². The molecule has 0 unspecified atom stereocenters. The summed E-state index contributed by atoms with van der Waals surface area (Å²) in [6.45, 7) is 3.03. The molecule has 94 valence electrons. The molecule has 17 heavy (non-hydrogen) atoms. The lowest BCUT2D eigenvalue weighted by Gasteiger charge is -2.12. The average molecular weight is 237 g/mol. The number of aryl methyl sites for hydroxylation is 1. The smallest absolute Gasteiger partial charge is 0.253 e. The van der Waals surface area contributed by atoms with Crippen LogP contribution in [0.1, 0.15) is 15.9 Å². The zero-order chi connectivity index (χ0) is 13.0. The van der Waals surface area contributed by atoms with E-state index in [0.717, 1.165) is 6.54 Å². The number of nitrogen functional groups attached to an aromatic ring is 1. The van der Waals surface area contributed by atoms with Crippen molar-refractivity contribution < 1.29 is 9.90 Å². The normalized spacial score (nSPS) is 10.6. The number of anilines is 1. The number of phenolic OH excluding ortho intramolecular Hbond substituents is 1. The standard InChI is InChI=1S/C12H19N3O2/c1-8-4-5-9(10(13)11(8)16)12(17)14-6-7-15(2)3/h4-5,16H,6-7,13H2,1-3H3,(H,14,17). The summed E-state index contributed by atoms with van der Waals surface area (Å²) in [5.74, 6) is -0.287. The van der Waals surface area contributed by atoms with Crippen molar-refractivity contribution in [2.24, 2.45) is 0 Å². The number of carbonyl (C=O) groups excluding carboxylic acids is 1. The lowest BCUT2D eigenvalue weighted by molar-refractivity contribution is 0.0951. The summed E-state index contributed by atoms with van der Waals surface area (Å²) >= 11 is 0. The predicted molar refractivity (Wildman–Crippen MR) is 68.1 cm³/mol. The van der Waals surface area contributed by atoms with Gasteiger partial charge in [-0.3, -0.25) is 4.79 Å².